The molecule has 1 amide bonds. The molecule has 27 heavy (non-hydrogen) atoms. The molecule has 3 rings (SSSR count). The fraction of sp³-hybridized carbons (Fsp3) is 0.182. The van der Waals surface area contributed by atoms with Crippen LogP contribution in [-0.4, -0.2) is 17.4 Å². The van der Waals surface area contributed by atoms with Crippen LogP contribution in [0.4, 0.5) is 15.9 Å². The number of aryl methyl sites for hydroxylation is 1. The quantitative estimate of drug-likeness (QED) is 0.656. The molecule has 0 unspecified atom stereocenters. The second kappa shape index (κ2) is 8.94. The third-order valence-electron chi connectivity index (χ3n) is 4.13. The third kappa shape index (κ3) is 5.92. The molecule has 2 N–H and O–H groups in total. The number of carbonyl (C=O) groups excluding carboxylic acids is 1. The van der Waals surface area contributed by atoms with Crippen LogP contribution in [0, 0.1) is 12.7 Å². The molecule has 0 atom stereocenters. The van der Waals surface area contributed by atoms with Crippen LogP contribution in [0.5, 0.6) is 0 Å². The molecule has 0 spiro atoms. The zero-order valence-electron chi connectivity index (χ0n) is 15.2. The monoisotopic (exact) mass is 363 g/mol. The Bertz CT molecular complexity index is 892. The van der Waals surface area contributed by atoms with E-state index in [0.717, 1.165) is 28.8 Å². The number of amides is 1. The highest BCUT2D eigenvalue weighted by Gasteiger charge is 2.05. The molecule has 0 aliphatic carbocycles. The molecule has 0 fully saturated rings. The van der Waals surface area contributed by atoms with Gasteiger partial charge in [-0.3, -0.25) is 4.79 Å². The van der Waals surface area contributed by atoms with Crippen molar-refractivity contribution in [2.75, 3.05) is 17.2 Å². The van der Waals surface area contributed by atoms with Gasteiger partial charge in [0.05, 0.1) is 18.3 Å². The van der Waals surface area contributed by atoms with Gasteiger partial charge in [-0.1, -0.05) is 42.0 Å². The molecule has 0 aliphatic heterocycles. The van der Waals surface area contributed by atoms with E-state index in [1.807, 2.05) is 37.3 Å². The van der Waals surface area contributed by atoms with Crippen molar-refractivity contribution in [3.63, 3.8) is 0 Å². The summed E-state index contributed by atoms with van der Waals surface area (Å²) in [6, 6.07) is 18.0. The first-order valence-electron chi connectivity index (χ1n) is 8.88. The Morgan fingerprint density at radius 1 is 1.04 bits per heavy atom. The van der Waals surface area contributed by atoms with Crippen LogP contribution in [0.25, 0.3) is 0 Å². The van der Waals surface area contributed by atoms with Gasteiger partial charge in [-0.15, -0.1) is 0 Å². The molecule has 0 saturated carbocycles. The molecule has 3 aromatic rings. The van der Waals surface area contributed by atoms with E-state index in [4.69, 9.17) is 0 Å². The normalized spacial score (nSPS) is 10.4. The maximum atomic E-state index is 12.9. The first-order chi connectivity index (χ1) is 13.1. The number of anilines is 2. The fourth-order valence-electron chi connectivity index (χ4n) is 2.77. The van der Waals surface area contributed by atoms with Gasteiger partial charge >= 0.3 is 0 Å². The second-order valence-electron chi connectivity index (χ2n) is 6.45. The maximum Gasteiger partial charge on any atom is 0.229 e. The Kier molecular flexibility index (Phi) is 6.15. The second-order valence-corrected chi connectivity index (χ2v) is 6.45. The average Bonchev–Trinajstić information content (AvgIpc) is 2.65. The molecule has 138 valence electrons. The Labute approximate surface area is 158 Å². The van der Waals surface area contributed by atoms with Gasteiger partial charge in [0.25, 0.3) is 0 Å². The van der Waals surface area contributed by atoms with Crippen molar-refractivity contribution < 1.29 is 9.18 Å². The number of rotatable bonds is 7. The van der Waals surface area contributed by atoms with Gasteiger partial charge < -0.3 is 10.6 Å². The van der Waals surface area contributed by atoms with Gasteiger partial charge in [0.1, 0.15) is 11.6 Å². The van der Waals surface area contributed by atoms with E-state index < -0.39 is 0 Å². The summed E-state index contributed by atoms with van der Waals surface area (Å²) in [5.74, 6) is 0.206. The standard InChI is InChI=1S/C22H22FN3O/c1-16-3-2-4-18(13-16)14-22(27)26-21-10-9-20(15-25-21)24-12-11-17-5-7-19(23)8-6-17/h2-10,13,15,24H,11-12,14H2,1H3,(H,25,26,27). The average molecular weight is 363 g/mol. The van der Waals surface area contributed by atoms with Crippen LogP contribution in [0.1, 0.15) is 16.7 Å². The summed E-state index contributed by atoms with van der Waals surface area (Å²) in [7, 11) is 0. The van der Waals surface area contributed by atoms with E-state index in [1.165, 1.54) is 12.1 Å². The SMILES string of the molecule is Cc1cccc(CC(=O)Nc2ccc(NCCc3ccc(F)cc3)cn2)c1. The van der Waals surface area contributed by atoms with E-state index in [0.29, 0.717) is 18.8 Å². The van der Waals surface area contributed by atoms with Crippen LogP contribution in [0.3, 0.4) is 0 Å². The van der Waals surface area contributed by atoms with Crippen LogP contribution >= 0.6 is 0 Å². The molecule has 0 bridgehead atoms. The van der Waals surface area contributed by atoms with Gasteiger partial charge in [-0.2, -0.15) is 0 Å². The summed E-state index contributed by atoms with van der Waals surface area (Å²) in [5, 5.41) is 6.08. The lowest BCUT2D eigenvalue weighted by Crippen LogP contribution is -2.15. The van der Waals surface area contributed by atoms with E-state index in [-0.39, 0.29) is 11.7 Å². The Hall–Kier alpha value is -3.21. The number of hydrogen-bond donors (Lipinski definition) is 2. The lowest BCUT2D eigenvalue weighted by Gasteiger charge is -2.08. The highest BCUT2D eigenvalue weighted by Crippen LogP contribution is 2.12. The minimum atomic E-state index is -0.226. The number of nitrogens with one attached hydrogen (secondary N) is 2. The van der Waals surface area contributed by atoms with Crippen molar-refractivity contribution >= 4 is 17.4 Å². The predicted octanol–water partition coefficient (Wildman–Crippen LogP) is 4.36. The Morgan fingerprint density at radius 3 is 2.56 bits per heavy atom. The summed E-state index contributed by atoms with van der Waals surface area (Å²) in [6.07, 6.45) is 2.79. The molecular weight excluding hydrogens is 341 g/mol. The number of aromatic nitrogens is 1. The van der Waals surface area contributed by atoms with Gasteiger partial charge in [0, 0.05) is 6.54 Å². The molecule has 1 aromatic heterocycles. The number of benzene rings is 2. The minimum absolute atomic E-state index is 0.0925. The first-order valence-corrected chi connectivity index (χ1v) is 8.88. The van der Waals surface area contributed by atoms with E-state index in [9.17, 15) is 9.18 Å². The smallest absolute Gasteiger partial charge is 0.229 e. The summed E-state index contributed by atoms with van der Waals surface area (Å²) in [4.78, 5) is 16.4. The van der Waals surface area contributed by atoms with Crippen molar-refractivity contribution in [1.82, 2.24) is 4.98 Å². The lowest BCUT2D eigenvalue weighted by atomic mass is 10.1. The first kappa shape index (κ1) is 18.6. The zero-order chi connectivity index (χ0) is 19.1. The molecule has 2 aromatic carbocycles. The van der Waals surface area contributed by atoms with Gasteiger partial charge in [0.15, 0.2) is 0 Å². The highest BCUT2D eigenvalue weighted by atomic mass is 19.1. The summed E-state index contributed by atoms with van der Waals surface area (Å²) in [6.45, 7) is 2.72. The van der Waals surface area contributed by atoms with Crippen molar-refractivity contribution in [1.29, 1.82) is 0 Å². The van der Waals surface area contributed by atoms with Crippen molar-refractivity contribution in [2.45, 2.75) is 19.8 Å². The number of halogens is 1. The number of pyridine rings is 1. The van der Waals surface area contributed by atoms with Gasteiger partial charge in [0.2, 0.25) is 5.91 Å². The van der Waals surface area contributed by atoms with Crippen LogP contribution in [0.2, 0.25) is 0 Å². The summed E-state index contributed by atoms with van der Waals surface area (Å²) >= 11 is 0. The molecule has 0 radical (unpaired) electrons. The number of hydrogen-bond acceptors (Lipinski definition) is 3. The predicted molar refractivity (Wildman–Crippen MR) is 106 cm³/mol. The van der Waals surface area contributed by atoms with Crippen molar-refractivity contribution in [3.05, 3.63) is 89.4 Å². The van der Waals surface area contributed by atoms with Crippen LogP contribution in [-0.2, 0) is 17.6 Å². The number of nitrogens with zero attached hydrogens (tertiary/aromatic N) is 1. The molecule has 5 heteroatoms. The van der Waals surface area contributed by atoms with Crippen LogP contribution < -0.4 is 10.6 Å². The van der Waals surface area contributed by atoms with Crippen LogP contribution in [0.15, 0.2) is 66.9 Å². The van der Waals surface area contributed by atoms with Crippen molar-refractivity contribution in [3.8, 4) is 0 Å². The fourth-order valence-corrected chi connectivity index (χ4v) is 2.77. The van der Waals surface area contributed by atoms with Crippen molar-refractivity contribution in [2.24, 2.45) is 0 Å². The largest absolute Gasteiger partial charge is 0.383 e. The zero-order valence-corrected chi connectivity index (χ0v) is 15.2. The topological polar surface area (TPSA) is 54.0 Å². The Morgan fingerprint density at radius 2 is 1.85 bits per heavy atom. The van der Waals surface area contributed by atoms with E-state index in [2.05, 4.69) is 15.6 Å². The molecule has 1 heterocycles. The third-order valence-corrected chi connectivity index (χ3v) is 4.13. The number of carbonyl (C=O) groups is 1. The van der Waals surface area contributed by atoms with E-state index in [1.54, 1.807) is 24.4 Å². The highest BCUT2D eigenvalue weighted by molar-refractivity contribution is 5.91. The molecule has 4 nitrogen and oxygen atoms in total. The molecular formula is C22H22FN3O. The van der Waals surface area contributed by atoms with E-state index >= 15 is 0 Å². The van der Waals surface area contributed by atoms with Gasteiger partial charge in [-0.05, 0) is 48.7 Å². The summed E-state index contributed by atoms with van der Waals surface area (Å²) in [5.41, 5.74) is 4.05. The van der Waals surface area contributed by atoms with Gasteiger partial charge in [-0.25, -0.2) is 9.37 Å². The Balaban J connectivity index is 1.46. The minimum Gasteiger partial charge on any atom is -0.383 e. The lowest BCUT2D eigenvalue weighted by molar-refractivity contribution is -0.115. The summed E-state index contributed by atoms with van der Waals surface area (Å²) < 4.78 is 12.9. The molecule has 0 saturated heterocycles. The molecule has 0 aliphatic rings. The maximum absolute atomic E-state index is 12.9.